The molecule has 7 heteroatoms. The zero-order valence-electron chi connectivity index (χ0n) is 20.1. The number of carbonyl (C=O) groups is 1. The van der Waals surface area contributed by atoms with Crippen molar-refractivity contribution in [2.24, 2.45) is 0 Å². The van der Waals surface area contributed by atoms with Crippen LogP contribution in [0.1, 0.15) is 29.5 Å². The summed E-state index contributed by atoms with van der Waals surface area (Å²) in [5, 5.41) is 0.622. The number of para-hydroxylation sites is 1. The van der Waals surface area contributed by atoms with Crippen LogP contribution in [0.4, 0.5) is 0 Å². The summed E-state index contributed by atoms with van der Waals surface area (Å²) in [7, 11) is 1.55. The van der Waals surface area contributed by atoms with Crippen LogP contribution in [0, 0.1) is 0 Å². The van der Waals surface area contributed by atoms with Gasteiger partial charge in [-0.2, -0.15) is 0 Å². The molecule has 0 spiro atoms. The lowest BCUT2D eigenvalue weighted by atomic mass is 9.88. The molecule has 4 aromatic rings. The second-order valence-corrected chi connectivity index (χ2v) is 8.39. The Hall–Kier alpha value is -4.26. The Morgan fingerprint density at radius 3 is 2.53 bits per heavy atom. The quantitative estimate of drug-likeness (QED) is 0.259. The molecule has 0 aliphatic carbocycles. The van der Waals surface area contributed by atoms with Crippen molar-refractivity contribution in [2.75, 3.05) is 20.3 Å². The Bertz CT molecular complexity index is 1440. The molecule has 1 aliphatic rings. The van der Waals surface area contributed by atoms with Crippen LogP contribution in [0.3, 0.4) is 0 Å². The number of fused-ring (bicyclic) bond motifs is 3. The summed E-state index contributed by atoms with van der Waals surface area (Å²) in [6.45, 7) is 2.38. The van der Waals surface area contributed by atoms with Crippen LogP contribution < -0.4 is 19.8 Å². The average Bonchev–Trinajstić information content (AvgIpc) is 3.31. The smallest absolute Gasteiger partial charge is 0.348 e. The molecule has 0 fully saturated rings. The van der Waals surface area contributed by atoms with E-state index in [0.29, 0.717) is 40.4 Å². The Morgan fingerprint density at radius 2 is 1.75 bits per heavy atom. The standard InChI is InChI=1S/C29H26O7/c1-3-33-29(31)27-24(25-26(36-27)20-11-7-8-12-21(20)35-28(25)30)19-13-14-22(23(17-19)32-2)34-16-15-18-9-5-4-6-10-18/h4-14,17,24,27H,3,15-16H2,1-2H3/t24-,27+/m1/s1. The number of carbonyl (C=O) groups excluding carboxylic acids is 1. The van der Waals surface area contributed by atoms with Gasteiger partial charge in [-0.15, -0.1) is 0 Å². The summed E-state index contributed by atoms with van der Waals surface area (Å²) < 4.78 is 28.5. The maximum atomic E-state index is 13.1. The van der Waals surface area contributed by atoms with Crippen LogP contribution in [0.5, 0.6) is 17.2 Å². The molecule has 0 N–H and O–H groups in total. The van der Waals surface area contributed by atoms with E-state index >= 15 is 0 Å². The van der Waals surface area contributed by atoms with Crippen molar-refractivity contribution in [1.29, 1.82) is 0 Å². The van der Waals surface area contributed by atoms with Gasteiger partial charge in [0.25, 0.3) is 0 Å². The average molecular weight is 487 g/mol. The number of hydrogen-bond acceptors (Lipinski definition) is 7. The van der Waals surface area contributed by atoms with Gasteiger partial charge in [0.1, 0.15) is 11.3 Å². The number of rotatable bonds is 8. The second-order valence-electron chi connectivity index (χ2n) is 8.39. The van der Waals surface area contributed by atoms with Crippen molar-refractivity contribution in [3.05, 3.63) is 99.9 Å². The van der Waals surface area contributed by atoms with Gasteiger partial charge in [0.2, 0.25) is 6.10 Å². The van der Waals surface area contributed by atoms with E-state index < -0.39 is 23.6 Å². The minimum Gasteiger partial charge on any atom is -0.493 e. The van der Waals surface area contributed by atoms with Crippen molar-refractivity contribution in [1.82, 2.24) is 0 Å². The number of methoxy groups -OCH3 is 1. The molecule has 2 atom stereocenters. The van der Waals surface area contributed by atoms with Crippen LogP contribution in [-0.2, 0) is 16.0 Å². The molecule has 0 saturated carbocycles. The van der Waals surface area contributed by atoms with Gasteiger partial charge in [-0.25, -0.2) is 9.59 Å². The predicted octanol–water partition coefficient (Wildman–Crippen LogP) is 4.88. The third-order valence-electron chi connectivity index (χ3n) is 6.21. The van der Waals surface area contributed by atoms with Gasteiger partial charge in [0, 0.05) is 6.42 Å². The second kappa shape index (κ2) is 10.2. The Labute approximate surface area is 208 Å². The van der Waals surface area contributed by atoms with Crippen LogP contribution in [0.15, 0.2) is 82.0 Å². The molecule has 184 valence electrons. The highest BCUT2D eigenvalue weighted by Gasteiger charge is 2.45. The molecule has 5 rings (SSSR count). The maximum absolute atomic E-state index is 13.1. The van der Waals surface area contributed by atoms with Crippen molar-refractivity contribution >= 4 is 16.9 Å². The van der Waals surface area contributed by atoms with E-state index in [1.807, 2.05) is 42.5 Å². The number of hydrogen-bond donors (Lipinski definition) is 0. The van der Waals surface area contributed by atoms with Crippen molar-refractivity contribution in [3.63, 3.8) is 0 Å². The van der Waals surface area contributed by atoms with Gasteiger partial charge in [-0.1, -0.05) is 48.5 Å². The number of esters is 1. The Kier molecular flexibility index (Phi) is 6.62. The van der Waals surface area contributed by atoms with Gasteiger partial charge in [-0.3, -0.25) is 0 Å². The first kappa shape index (κ1) is 23.5. The zero-order valence-corrected chi connectivity index (χ0v) is 20.1. The number of benzene rings is 3. The Balaban J connectivity index is 1.51. The molecular formula is C29H26O7. The third-order valence-corrected chi connectivity index (χ3v) is 6.21. The molecule has 0 saturated heterocycles. The molecule has 0 bridgehead atoms. The summed E-state index contributed by atoms with van der Waals surface area (Å²) in [5.41, 5.74) is 1.95. The molecule has 7 nitrogen and oxygen atoms in total. The minimum absolute atomic E-state index is 0.189. The SMILES string of the molecule is CCOC(=O)[C@H]1Oc2c(c(=O)oc3ccccc23)[C@H]1c1ccc(OCCc2ccccc2)c(OC)c1. The summed E-state index contributed by atoms with van der Waals surface area (Å²) in [6.07, 6.45) is -0.294. The zero-order chi connectivity index (χ0) is 25.1. The molecular weight excluding hydrogens is 460 g/mol. The van der Waals surface area contributed by atoms with E-state index in [0.717, 1.165) is 6.42 Å². The van der Waals surface area contributed by atoms with E-state index in [1.165, 1.54) is 5.56 Å². The maximum Gasteiger partial charge on any atom is 0.348 e. The normalized spacial score (nSPS) is 16.3. The van der Waals surface area contributed by atoms with Crippen LogP contribution in [0.2, 0.25) is 0 Å². The summed E-state index contributed by atoms with van der Waals surface area (Å²) in [5.74, 6) is 0.111. The van der Waals surface area contributed by atoms with Crippen molar-refractivity contribution in [2.45, 2.75) is 25.4 Å². The largest absolute Gasteiger partial charge is 0.493 e. The summed E-state index contributed by atoms with van der Waals surface area (Å²) in [4.78, 5) is 26.0. The van der Waals surface area contributed by atoms with Gasteiger partial charge in [0.15, 0.2) is 11.5 Å². The van der Waals surface area contributed by atoms with E-state index in [4.69, 9.17) is 23.4 Å². The Morgan fingerprint density at radius 1 is 0.972 bits per heavy atom. The lowest BCUT2D eigenvalue weighted by molar-refractivity contribution is -0.151. The predicted molar refractivity (Wildman–Crippen MR) is 134 cm³/mol. The lowest BCUT2D eigenvalue weighted by Crippen LogP contribution is -2.32. The lowest BCUT2D eigenvalue weighted by Gasteiger charge is -2.19. The molecule has 0 amide bonds. The summed E-state index contributed by atoms with van der Waals surface area (Å²) in [6, 6.07) is 22.5. The first-order chi connectivity index (χ1) is 17.6. The third kappa shape index (κ3) is 4.40. The highest BCUT2D eigenvalue weighted by molar-refractivity contribution is 5.88. The van der Waals surface area contributed by atoms with Crippen LogP contribution >= 0.6 is 0 Å². The van der Waals surface area contributed by atoms with E-state index in [9.17, 15) is 9.59 Å². The van der Waals surface area contributed by atoms with Crippen molar-refractivity contribution in [3.8, 4) is 17.2 Å². The molecule has 36 heavy (non-hydrogen) atoms. The van der Waals surface area contributed by atoms with E-state index in [2.05, 4.69) is 0 Å². The fourth-order valence-electron chi connectivity index (χ4n) is 4.55. The first-order valence-electron chi connectivity index (χ1n) is 11.8. The van der Waals surface area contributed by atoms with Gasteiger partial charge in [0.05, 0.1) is 37.2 Å². The molecule has 0 unspecified atom stereocenters. The van der Waals surface area contributed by atoms with Crippen molar-refractivity contribution < 1.29 is 28.2 Å². The minimum atomic E-state index is -1.04. The van der Waals surface area contributed by atoms with Gasteiger partial charge >= 0.3 is 11.6 Å². The monoisotopic (exact) mass is 486 g/mol. The summed E-state index contributed by atoms with van der Waals surface area (Å²) >= 11 is 0. The highest BCUT2D eigenvalue weighted by atomic mass is 16.6. The highest BCUT2D eigenvalue weighted by Crippen LogP contribution is 2.46. The first-order valence-corrected chi connectivity index (χ1v) is 11.8. The molecule has 1 aliphatic heterocycles. The molecule has 2 heterocycles. The van der Waals surface area contributed by atoms with Gasteiger partial charge < -0.3 is 23.4 Å². The van der Waals surface area contributed by atoms with Gasteiger partial charge in [-0.05, 0) is 42.3 Å². The van der Waals surface area contributed by atoms with Crippen LogP contribution in [-0.4, -0.2) is 32.4 Å². The van der Waals surface area contributed by atoms with E-state index in [-0.39, 0.29) is 12.2 Å². The molecule has 3 aromatic carbocycles. The van der Waals surface area contributed by atoms with E-state index in [1.54, 1.807) is 44.4 Å². The fraction of sp³-hybridized carbons (Fsp3) is 0.241. The van der Waals surface area contributed by atoms with Crippen LogP contribution in [0.25, 0.3) is 11.0 Å². The molecule has 0 radical (unpaired) electrons. The molecule has 1 aromatic heterocycles. The number of ether oxygens (including phenoxy) is 4. The topological polar surface area (TPSA) is 84.2 Å². The fourth-order valence-corrected chi connectivity index (χ4v) is 4.55.